The second-order valence-electron chi connectivity index (χ2n) is 3.95. The summed E-state index contributed by atoms with van der Waals surface area (Å²) >= 11 is 0. The van der Waals surface area contributed by atoms with Crippen LogP contribution >= 0.6 is 0 Å². The van der Waals surface area contributed by atoms with E-state index in [1.165, 1.54) is 51.4 Å². The molecule has 0 unspecified atom stereocenters. The zero-order valence-corrected chi connectivity index (χ0v) is 7.81. The third kappa shape index (κ3) is 1.80. The van der Waals surface area contributed by atoms with Crippen molar-refractivity contribution in [1.82, 2.24) is 0 Å². The van der Waals surface area contributed by atoms with Gasteiger partial charge in [-0.25, -0.2) is 0 Å². The summed E-state index contributed by atoms with van der Waals surface area (Å²) in [5.41, 5.74) is 3.37. The fourth-order valence-electron chi connectivity index (χ4n) is 2.26. The molecule has 0 spiro atoms. The maximum atomic E-state index is 2.49. The average Bonchev–Trinajstić information content (AvgIpc) is 2.38. The Kier molecular flexibility index (Phi) is 2.65. The minimum Gasteiger partial charge on any atom is -0.0811 e. The van der Waals surface area contributed by atoms with Gasteiger partial charge in [-0.05, 0) is 62.5 Å². The molecule has 0 radical (unpaired) electrons. The number of hydrogen-bond donors (Lipinski definition) is 0. The Morgan fingerprint density at radius 2 is 1.17 bits per heavy atom. The summed E-state index contributed by atoms with van der Waals surface area (Å²) < 4.78 is 0. The van der Waals surface area contributed by atoms with Gasteiger partial charge in [0.25, 0.3) is 0 Å². The summed E-state index contributed by atoms with van der Waals surface area (Å²) in [7, 11) is 0. The first-order chi connectivity index (χ1) is 5.97. The summed E-state index contributed by atoms with van der Waals surface area (Å²) in [5, 5.41) is 0. The third-order valence-corrected chi connectivity index (χ3v) is 2.99. The highest BCUT2D eigenvalue weighted by Gasteiger charge is 2.10. The molecular formula is C12H18. The summed E-state index contributed by atoms with van der Waals surface area (Å²) in [6.07, 6.45) is 16.0. The number of rotatable bonds is 0. The van der Waals surface area contributed by atoms with E-state index < -0.39 is 0 Å². The molecule has 0 heterocycles. The van der Waals surface area contributed by atoms with E-state index in [1.54, 1.807) is 11.1 Å². The normalized spacial score (nSPS) is 24.7. The minimum absolute atomic E-state index is 1.33. The smallest absolute Gasteiger partial charge is 0.0279 e. The second-order valence-corrected chi connectivity index (χ2v) is 3.95. The van der Waals surface area contributed by atoms with Crippen LogP contribution in [-0.2, 0) is 0 Å². The van der Waals surface area contributed by atoms with Gasteiger partial charge in [0.15, 0.2) is 0 Å². The van der Waals surface area contributed by atoms with Crippen LogP contribution in [0.5, 0.6) is 0 Å². The van der Waals surface area contributed by atoms with E-state index in [0.717, 1.165) is 0 Å². The number of fused-ring (bicyclic) bond motifs is 1. The molecule has 66 valence electrons. The molecule has 0 amide bonds. The predicted octanol–water partition coefficient (Wildman–Crippen LogP) is 3.99. The van der Waals surface area contributed by atoms with Crippen molar-refractivity contribution >= 4 is 0 Å². The van der Waals surface area contributed by atoms with Gasteiger partial charge in [0.05, 0.1) is 0 Å². The van der Waals surface area contributed by atoms with Crippen molar-refractivity contribution in [2.45, 2.75) is 51.4 Å². The molecule has 0 bridgehead atoms. The first-order valence-electron chi connectivity index (χ1n) is 5.35. The van der Waals surface area contributed by atoms with Crippen molar-refractivity contribution in [1.29, 1.82) is 0 Å². The van der Waals surface area contributed by atoms with Gasteiger partial charge >= 0.3 is 0 Å². The molecule has 0 aromatic heterocycles. The lowest BCUT2D eigenvalue weighted by atomic mass is 10.0. The largest absolute Gasteiger partial charge is 0.0811 e. The van der Waals surface area contributed by atoms with Gasteiger partial charge in [-0.1, -0.05) is 12.2 Å². The molecule has 0 atom stereocenters. The minimum atomic E-state index is 1.33. The van der Waals surface area contributed by atoms with Crippen LogP contribution in [0.15, 0.2) is 23.3 Å². The quantitative estimate of drug-likeness (QED) is 0.505. The zero-order valence-electron chi connectivity index (χ0n) is 7.81. The number of allylic oxidation sites excluding steroid dienone is 4. The van der Waals surface area contributed by atoms with E-state index in [0.29, 0.717) is 0 Å². The van der Waals surface area contributed by atoms with Gasteiger partial charge in [-0.2, -0.15) is 0 Å². The molecular weight excluding hydrogens is 144 g/mol. The molecule has 0 saturated heterocycles. The van der Waals surface area contributed by atoms with E-state index >= 15 is 0 Å². The Balaban J connectivity index is 2.18. The van der Waals surface area contributed by atoms with Crippen LogP contribution in [0.4, 0.5) is 0 Å². The summed E-state index contributed by atoms with van der Waals surface area (Å²) in [4.78, 5) is 0. The molecule has 2 rings (SSSR count). The molecule has 0 aliphatic heterocycles. The molecule has 2 aliphatic rings. The van der Waals surface area contributed by atoms with Crippen molar-refractivity contribution in [3.8, 4) is 0 Å². The van der Waals surface area contributed by atoms with Crippen molar-refractivity contribution < 1.29 is 0 Å². The monoisotopic (exact) mass is 162 g/mol. The fourth-order valence-corrected chi connectivity index (χ4v) is 2.26. The zero-order chi connectivity index (χ0) is 8.23. The van der Waals surface area contributed by atoms with Crippen LogP contribution in [0, 0.1) is 0 Å². The molecule has 0 saturated carbocycles. The van der Waals surface area contributed by atoms with Crippen LogP contribution < -0.4 is 0 Å². The lowest BCUT2D eigenvalue weighted by molar-refractivity contribution is 0.758. The van der Waals surface area contributed by atoms with Gasteiger partial charge in [-0.3, -0.25) is 0 Å². The maximum absolute atomic E-state index is 2.49. The molecule has 2 aliphatic carbocycles. The first kappa shape index (κ1) is 8.10. The topological polar surface area (TPSA) is 0 Å². The molecule has 0 aromatic carbocycles. The van der Waals surface area contributed by atoms with E-state index in [9.17, 15) is 0 Å². The summed E-state index contributed by atoms with van der Waals surface area (Å²) in [6.45, 7) is 0. The van der Waals surface area contributed by atoms with Crippen LogP contribution in [0.2, 0.25) is 0 Å². The Morgan fingerprint density at radius 3 is 1.67 bits per heavy atom. The van der Waals surface area contributed by atoms with E-state index in [1.807, 2.05) is 0 Å². The molecule has 0 heteroatoms. The van der Waals surface area contributed by atoms with Crippen LogP contribution in [0.25, 0.3) is 0 Å². The first-order valence-corrected chi connectivity index (χ1v) is 5.35. The van der Waals surface area contributed by atoms with Gasteiger partial charge < -0.3 is 0 Å². The van der Waals surface area contributed by atoms with Gasteiger partial charge in [0.1, 0.15) is 0 Å². The number of hydrogen-bond acceptors (Lipinski definition) is 0. The molecule has 0 nitrogen and oxygen atoms in total. The highest BCUT2D eigenvalue weighted by atomic mass is 14.2. The predicted molar refractivity (Wildman–Crippen MR) is 53.1 cm³/mol. The van der Waals surface area contributed by atoms with Crippen molar-refractivity contribution in [2.75, 3.05) is 0 Å². The SMILES string of the molecule is C1=C2CCCCC=C2CCCC1. The van der Waals surface area contributed by atoms with Crippen molar-refractivity contribution in [3.63, 3.8) is 0 Å². The maximum Gasteiger partial charge on any atom is -0.0279 e. The van der Waals surface area contributed by atoms with E-state index in [-0.39, 0.29) is 0 Å². The van der Waals surface area contributed by atoms with Crippen LogP contribution in [0.3, 0.4) is 0 Å². The van der Waals surface area contributed by atoms with Crippen LogP contribution in [0.1, 0.15) is 51.4 Å². The highest BCUT2D eigenvalue weighted by Crippen LogP contribution is 2.30. The van der Waals surface area contributed by atoms with Crippen molar-refractivity contribution in [3.05, 3.63) is 23.3 Å². The van der Waals surface area contributed by atoms with E-state index in [4.69, 9.17) is 0 Å². The molecule has 0 N–H and O–H groups in total. The fraction of sp³-hybridized carbons (Fsp3) is 0.667. The Bertz CT molecular complexity index is 184. The lowest BCUT2D eigenvalue weighted by Crippen LogP contribution is -1.86. The molecule has 0 aromatic rings. The van der Waals surface area contributed by atoms with Crippen LogP contribution in [-0.4, -0.2) is 0 Å². The Labute approximate surface area is 75.4 Å². The average molecular weight is 162 g/mol. The lowest BCUT2D eigenvalue weighted by Gasteiger charge is -2.05. The molecule has 12 heavy (non-hydrogen) atoms. The second kappa shape index (κ2) is 3.93. The Morgan fingerprint density at radius 1 is 0.667 bits per heavy atom. The molecule has 0 fully saturated rings. The van der Waals surface area contributed by atoms with Gasteiger partial charge in [0, 0.05) is 0 Å². The van der Waals surface area contributed by atoms with E-state index in [2.05, 4.69) is 12.2 Å². The Hall–Kier alpha value is -0.520. The van der Waals surface area contributed by atoms with Crippen molar-refractivity contribution in [2.24, 2.45) is 0 Å². The van der Waals surface area contributed by atoms with Gasteiger partial charge in [-0.15, -0.1) is 0 Å². The van der Waals surface area contributed by atoms with Gasteiger partial charge in [0.2, 0.25) is 0 Å². The standard InChI is InChI=1S/C12H18/c1-3-7-11-9-5-2-6-10-12(11)8-4-1/h7,10H,1-6,8-9H2. The third-order valence-electron chi connectivity index (χ3n) is 2.99. The summed E-state index contributed by atoms with van der Waals surface area (Å²) in [6, 6.07) is 0. The highest BCUT2D eigenvalue weighted by molar-refractivity contribution is 5.32. The summed E-state index contributed by atoms with van der Waals surface area (Å²) in [5.74, 6) is 0.